The van der Waals surface area contributed by atoms with Crippen molar-refractivity contribution in [2.24, 2.45) is 5.92 Å². The second-order valence-electron chi connectivity index (χ2n) is 4.03. The Balaban J connectivity index is 2.59. The summed E-state index contributed by atoms with van der Waals surface area (Å²) in [5.41, 5.74) is 0.987. The fraction of sp³-hybridized carbons (Fsp3) is 0.364. The first-order valence-corrected chi connectivity index (χ1v) is 6.34. The first-order valence-electron chi connectivity index (χ1n) is 4.89. The zero-order valence-corrected chi connectivity index (χ0v) is 11.6. The quantitative estimate of drug-likeness (QED) is 0.600. The van der Waals surface area contributed by atoms with Crippen LogP contribution in [0.2, 0.25) is 5.15 Å². The van der Waals surface area contributed by atoms with Crippen LogP contribution in [0.15, 0.2) is 18.3 Å². The van der Waals surface area contributed by atoms with Gasteiger partial charge in [-0.1, -0.05) is 25.4 Å². The van der Waals surface area contributed by atoms with Gasteiger partial charge in [0.2, 0.25) is 0 Å². The van der Waals surface area contributed by atoms with Crippen LogP contribution in [0.5, 0.6) is 0 Å². The second kappa shape index (κ2) is 4.29. The van der Waals surface area contributed by atoms with Gasteiger partial charge in [0.15, 0.2) is 0 Å². The van der Waals surface area contributed by atoms with Crippen molar-refractivity contribution in [3.63, 3.8) is 0 Å². The van der Waals surface area contributed by atoms with Gasteiger partial charge in [0.05, 0.1) is 0 Å². The molecule has 80 valence electrons. The van der Waals surface area contributed by atoms with Gasteiger partial charge in [-0.05, 0) is 40.6 Å². The molecule has 0 bridgehead atoms. The van der Waals surface area contributed by atoms with Crippen LogP contribution in [-0.2, 0) is 6.54 Å². The van der Waals surface area contributed by atoms with Crippen molar-refractivity contribution in [2.75, 3.05) is 0 Å². The number of rotatable bonds is 2. The second-order valence-corrected chi connectivity index (χ2v) is 5.58. The molecule has 0 atom stereocenters. The number of fused-ring (bicyclic) bond motifs is 1. The molecule has 0 aliphatic heterocycles. The Morgan fingerprint density at radius 3 is 2.87 bits per heavy atom. The van der Waals surface area contributed by atoms with Crippen LogP contribution >= 0.6 is 34.2 Å². The van der Waals surface area contributed by atoms with Gasteiger partial charge in [0.1, 0.15) is 10.8 Å². The van der Waals surface area contributed by atoms with Gasteiger partial charge in [-0.2, -0.15) is 0 Å². The number of aromatic nitrogens is 2. The van der Waals surface area contributed by atoms with Crippen molar-refractivity contribution >= 4 is 45.2 Å². The van der Waals surface area contributed by atoms with Gasteiger partial charge in [-0.15, -0.1) is 0 Å². The minimum absolute atomic E-state index is 0.557. The number of pyridine rings is 1. The van der Waals surface area contributed by atoms with Gasteiger partial charge in [-0.3, -0.25) is 0 Å². The third-order valence-electron chi connectivity index (χ3n) is 2.20. The van der Waals surface area contributed by atoms with E-state index in [1.807, 2.05) is 12.1 Å². The SMILES string of the molecule is CC(C)Cn1cc(I)c2ccc(Cl)nc21. The molecule has 0 N–H and O–H groups in total. The number of hydrogen-bond donors (Lipinski definition) is 0. The Hall–Kier alpha value is -0.290. The van der Waals surface area contributed by atoms with Gasteiger partial charge in [-0.25, -0.2) is 4.98 Å². The summed E-state index contributed by atoms with van der Waals surface area (Å²) >= 11 is 8.24. The fourth-order valence-corrected chi connectivity index (χ4v) is 2.53. The molecule has 0 radical (unpaired) electrons. The van der Waals surface area contributed by atoms with Crippen molar-refractivity contribution < 1.29 is 0 Å². The van der Waals surface area contributed by atoms with E-state index in [-0.39, 0.29) is 0 Å². The van der Waals surface area contributed by atoms with Crippen LogP contribution in [0.4, 0.5) is 0 Å². The summed E-state index contributed by atoms with van der Waals surface area (Å²) < 4.78 is 3.40. The van der Waals surface area contributed by atoms with E-state index in [4.69, 9.17) is 11.6 Å². The summed E-state index contributed by atoms with van der Waals surface area (Å²) in [6.07, 6.45) is 2.13. The van der Waals surface area contributed by atoms with E-state index in [0.29, 0.717) is 11.1 Å². The smallest absolute Gasteiger partial charge is 0.142 e. The minimum atomic E-state index is 0.557. The summed E-state index contributed by atoms with van der Waals surface area (Å²) in [6, 6.07) is 3.87. The Bertz CT molecular complexity index is 491. The van der Waals surface area contributed by atoms with Crippen molar-refractivity contribution in [3.05, 3.63) is 27.1 Å². The molecule has 2 aromatic heterocycles. The maximum absolute atomic E-state index is 5.91. The normalized spacial score (nSPS) is 11.5. The van der Waals surface area contributed by atoms with Crippen molar-refractivity contribution in [1.29, 1.82) is 0 Å². The number of hydrogen-bond acceptors (Lipinski definition) is 1. The molecule has 0 fully saturated rings. The topological polar surface area (TPSA) is 17.8 Å². The lowest BCUT2D eigenvalue weighted by Crippen LogP contribution is -2.03. The van der Waals surface area contributed by atoms with Crippen molar-refractivity contribution in [2.45, 2.75) is 20.4 Å². The molecule has 2 aromatic rings. The average molecular weight is 335 g/mol. The van der Waals surface area contributed by atoms with E-state index in [2.05, 4.69) is 52.2 Å². The molecule has 0 aromatic carbocycles. The predicted octanol–water partition coefficient (Wildman–Crippen LogP) is 3.95. The lowest BCUT2D eigenvalue weighted by molar-refractivity contribution is 0.532. The van der Waals surface area contributed by atoms with E-state index in [1.165, 1.54) is 8.96 Å². The molecular weight excluding hydrogens is 322 g/mol. The maximum Gasteiger partial charge on any atom is 0.142 e. The predicted molar refractivity (Wildman–Crippen MR) is 72.3 cm³/mol. The van der Waals surface area contributed by atoms with Gasteiger partial charge >= 0.3 is 0 Å². The van der Waals surface area contributed by atoms with E-state index in [9.17, 15) is 0 Å². The van der Waals surface area contributed by atoms with Crippen LogP contribution in [-0.4, -0.2) is 9.55 Å². The lowest BCUT2D eigenvalue weighted by Gasteiger charge is -2.07. The highest BCUT2D eigenvalue weighted by atomic mass is 127. The maximum atomic E-state index is 5.91. The van der Waals surface area contributed by atoms with Crippen LogP contribution in [0.25, 0.3) is 11.0 Å². The summed E-state index contributed by atoms with van der Waals surface area (Å²) in [7, 11) is 0. The Morgan fingerprint density at radius 1 is 1.47 bits per heavy atom. The highest BCUT2D eigenvalue weighted by molar-refractivity contribution is 14.1. The van der Waals surface area contributed by atoms with E-state index < -0.39 is 0 Å². The Morgan fingerprint density at radius 2 is 2.20 bits per heavy atom. The molecule has 0 saturated heterocycles. The molecule has 0 aliphatic rings. The van der Waals surface area contributed by atoms with Crippen LogP contribution in [0, 0.1) is 9.49 Å². The minimum Gasteiger partial charge on any atom is -0.331 e. The zero-order chi connectivity index (χ0) is 11.0. The molecule has 4 heteroatoms. The highest BCUT2D eigenvalue weighted by Crippen LogP contribution is 2.23. The molecule has 0 amide bonds. The van der Waals surface area contributed by atoms with E-state index >= 15 is 0 Å². The first-order chi connectivity index (χ1) is 7.08. The largest absolute Gasteiger partial charge is 0.331 e. The van der Waals surface area contributed by atoms with E-state index in [0.717, 1.165) is 12.2 Å². The monoisotopic (exact) mass is 334 g/mol. The summed E-state index contributed by atoms with van der Waals surface area (Å²) in [5, 5.41) is 1.74. The van der Waals surface area contributed by atoms with Gasteiger partial charge in [0.25, 0.3) is 0 Å². The van der Waals surface area contributed by atoms with Crippen LogP contribution < -0.4 is 0 Å². The van der Waals surface area contributed by atoms with Crippen LogP contribution in [0.3, 0.4) is 0 Å². The lowest BCUT2D eigenvalue weighted by atomic mass is 10.2. The molecular formula is C11H12ClIN2. The summed E-state index contributed by atoms with van der Waals surface area (Å²) in [4.78, 5) is 4.37. The summed E-state index contributed by atoms with van der Waals surface area (Å²) in [5.74, 6) is 0.609. The van der Waals surface area contributed by atoms with Crippen molar-refractivity contribution in [3.8, 4) is 0 Å². The molecule has 0 spiro atoms. The highest BCUT2D eigenvalue weighted by Gasteiger charge is 2.09. The van der Waals surface area contributed by atoms with E-state index in [1.54, 1.807) is 0 Å². The molecule has 0 unspecified atom stereocenters. The zero-order valence-electron chi connectivity index (χ0n) is 8.67. The molecule has 2 heterocycles. The van der Waals surface area contributed by atoms with Gasteiger partial charge in [0, 0.05) is 21.7 Å². The average Bonchev–Trinajstić information content (AvgIpc) is 2.42. The van der Waals surface area contributed by atoms with Crippen LogP contribution in [0.1, 0.15) is 13.8 Å². The van der Waals surface area contributed by atoms with Gasteiger partial charge < -0.3 is 4.57 Å². The number of nitrogens with zero attached hydrogens (tertiary/aromatic N) is 2. The van der Waals surface area contributed by atoms with Crippen molar-refractivity contribution in [1.82, 2.24) is 9.55 Å². The summed E-state index contributed by atoms with van der Waals surface area (Å²) in [6.45, 7) is 5.37. The first kappa shape index (κ1) is 11.2. The molecule has 2 rings (SSSR count). The number of halogens is 2. The Kier molecular flexibility index (Phi) is 3.21. The molecule has 2 nitrogen and oxygen atoms in total. The third kappa shape index (κ3) is 2.28. The standard InChI is InChI=1S/C11H12ClIN2/c1-7(2)5-15-6-9(13)8-3-4-10(12)14-11(8)15/h3-4,6-7H,5H2,1-2H3. The molecule has 0 aliphatic carbocycles. The third-order valence-corrected chi connectivity index (χ3v) is 3.27. The molecule has 0 saturated carbocycles. The Labute approximate surface area is 108 Å². The molecule has 15 heavy (non-hydrogen) atoms. The fourth-order valence-electron chi connectivity index (χ4n) is 1.63.